The highest BCUT2D eigenvalue weighted by atomic mass is 16.6. The Labute approximate surface area is 144 Å². The number of benzene rings is 1. The van der Waals surface area contributed by atoms with E-state index in [9.17, 15) is 4.79 Å². The Hall–Kier alpha value is -1.75. The predicted molar refractivity (Wildman–Crippen MR) is 93.1 cm³/mol. The van der Waals surface area contributed by atoms with Crippen molar-refractivity contribution in [2.75, 3.05) is 20.1 Å². The van der Waals surface area contributed by atoms with Crippen molar-refractivity contribution in [1.29, 1.82) is 0 Å². The molecule has 5 nitrogen and oxygen atoms in total. The van der Waals surface area contributed by atoms with Crippen molar-refractivity contribution in [1.82, 2.24) is 9.80 Å². The monoisotopic (exact) mass is 332 g/mol. The molecule has 0 aliphatic carbocycles. The molecule has 1 fully saturated rings. The van der Waals surface area contributed by atoms with Crippen molar-refractivity contribution in [2.45, 2.75) is 58.4 Å². The maximum absolute atomic E-state index is 12.2. The number of fused-ring (bicyclic) bond motifs is 1. The summed E-state index contributed by atoms with van der Waals surface area (Å²) in [5, 5.41) is 0. The molecule has 0 spiro atoms. The number of nitrogens with zero attached hydrogens (tertiary/aromatic N) is 2. The van der Waals surface area contributed by atoms with Gasteiger partial charge in [0.1, 0.15) is 17.5 Å². The Morgan fingerprint density at radius 1 is 1.12 bits per heavy atom. The summed E-state index contributed by atoms with van der Waals surface area (Å²) in [6.07, 6.45) is 2.17. The molecule has 2 heterocycles. The molecule has 3 rings (SSSR count). The molecule has 132 valence electrons. The number of carbonyl (C=O) groups excluding carboxylic acids is 1. The summed E-state index contributed by atoms with van der Waals surface area (Å²) in [4.78, 5) is 16.3. The highest BCUT2D eigenvalue weighted by molar-refractivity contribution is 5.69. The van der Waals surface area contributed by atoms with Crippen LogP contribution in [0.15, 0.2) is 18.2 Å². The fourth-order valence-electron chi connectivity index (χ4n) is 3.19. The summed E-state index contributed by atoms with van der Waals surface area (Å²) in [7, 11) is 2.15. The van der Waals surface area contributed by atoms with E-state index in [1.807, 2.05) is 26.8 Å². The summed E-state index contributed by atoms with van der Waals surface area (Å²) >= 11 is 0. The molecule has 0 radical (unpaired) electrons. The van der Waals surface area contributed by atoms with Gasteiger partial charge >= 0.3 is 6.09 Å². The van der Waals surface area contributed by atoms with Crippen LogP contribution >= 0.6 is 0 Å². The third-order valence-electron chi connectivity index (χ3n) is 4.52. The number of likely N-dealkylation sites (tertiary alicyclic amines) is 1. The molecule has 0 unspecified atom stereocenters. The summed E-state index contributed by atoms with van der Waals surface area (Å²) in [6, 6.07) is 6.18. The zero-order chi connectivity index (χ0) is 17.3. The van der Waals surface area contributed by atoms with Crippen LogP contribution in [0.5, 0.6) is 5.75 Å². The number of piperidine rings is 1. The van der Waals surface area contributed by atoms with Crippen molar-refractivity contribution in [3.63, 3.8) is 0 Å². The van der Waals surface area contributed by atoms with Crippen molar-refractivity contribution >= 4 is 6.09 Å². The quantitative estimate of drug-likeness (QED) is 0.832. The van der Waals surface area contributed by atoms with Gasteiger partial charge in [0, 0.05) is 26.2 Å². The van der Waals surface area contributed by atoms with E-state index < -0.39 is 5.60 Å². The van der Waals surface area contributed by atoms with Gasteiger partial charge < -0.3 is 14.4 Å². The predicted octanol–water partition coefficient (Wildman–Crippen LogP) is 3.41. The lowest BCUT2D eigenvalue weighted by Gasteiger charge is -2.29. The molecule has 1 amide bonds. The molecule has 2 aliphatic heterocycles. The SMILES string of the molecule is CN1CCC(Oc2ccc3c(c2)CN(C(=O)OC(C)(C)C)C3)CC1. The van der Waals surface area contributed by atoms with E-state index in [1.165, 1.54) is 5.56 Å². The van der Waals surface area contributed by atoms with E-state index in [-0.39, 0.29) is 6.09 Å². The molecule has 1 aromatic rings. The zero-order valence-electron chi connectivity index (χ0n) is 15.2. The smallest absolute Gasteiger partial charge is 0.410 e. The number of rotatable bonds is 2. The molecule has 0 N–H and O–H groups in total. The van der Waals surface area contributed by atoms with Crippen LogP contribution in [0.25, 0.3) is 0 Å². The van der Waals surface area contributed by atoms with Crippen LogP contribution in [0.1, 0.15) is 44.7 Å². The Morgan fingerprint density at radius 2 is 1.79 bits per heavy atom. The fourth-order valence-corrected chi connectivity index (χ4v) is 3.19. The molecular weight excluding hydrogens is 304 g/mol. The summed E-state index contributed by atoms with van der Waals surface area (Å²) in [5.74, 6) is 0.911. The number of hydrogen-bond acceptors (Lipinski definition) is 4. The average molecular weight is 332 g/mol. The lowest BCUT2D eigenvalue weighted by Crippen LogP contribution is -2.35. The summed E-state index contributed by atoms with van der Waals surface area (Å²) in [5.41, 5.74) is 1.87. The lowest BCUT2D eigenvalue weighted by molar-refractivity contribution is 0.0241. The Balaban J connectivity index is 1.60. The van der Waals surface area contributed by atoms with Gasteiger partial charge in [0.15, 0.2) is 0 Å². The van der Waals surface area contributed by atoms with Crippen molar-refractivity contribution in [3.05, 3.63) is 29.3 Å². The van der Waals surface area contributed by atoms with Gasteiger partial charge in [-0.05, 0) is 63.9 Å². The summed E-state index contributed by atoms with van der Waals surface area (Å²) < 4.78 is 11.6. The first-order chi connectivity index (χ1) is 11.3. The van der Waals surface area contributed by atoms with Gasteiger partial charge in [0.2, 0.25) is 0 Å². The van der Waals surface area contributed by atoms with E-state index in [0.717, 1.165) is 37.2 Å². The third-order valence-corrected chi connectivity index (χ3v) is 4.52. The van der Waals surface area contributed by atoms with E-state index >= 15 is 0 Å². The molecule has 1 aromatic carbocycles. The van der Waals surface area contributed by atoms with Crippen LogP contribution in [0.3, 0.4) is 0 Å². The van der Waals surface area contributed by atoms with Gasteiger partial charge in [-0.2, -0.15) is 0 Å². The van der Waals surface area contributed by atoms with Crippen LogP contribution < -0.4 is 4.74 Å². The van der Waals surface area contributed by atoms with Gasteiger partial charge in [0.25, 0.3) is 0 Å². The molecule has 24 heavy (non-hydrogen) atoms. The van der Waals surface area contributed by atoms with E-state index in [2.05, 4.69) is 24.1 Å². The minimum atomic E-state index is -0.464. The van der Waals surface area contributed by atoms with Gasteiger partial charge in [-0.15, -0.1) is 0 Å². The van der Waals surface area contributed by atoms with E-state index in [0.29, 0.717) is 19.2 Å². The molecule has 0 bridgehead atoms. The number of amides is 1. The number of ether oxygens (including phenoxy) is 2. The largest absolute Gasteiger partial charge is 0.490 e. The molecule has 0 aromatic heterocycles. The highest BCUT2D eigenvalue weighted by Crippen LogP contribution is 2.29. The van der Waals surface area contributed by atoms with Gasteiger partial charge in [-0.25, -0.2) is 4.79 Å². The number of carbonyl (C=O) groups is 1. The molecule has 0 atom stereocenters. The van der Waals surface area contributed by atoms with Crippen molar-refractivity contribution in [2.24, 2.45) is 0 Å². The minimum absolute atomic E-state index is 0.253. The van der Waals surface area contributed by atoms with Crippen LogP contribution in [-0.2, 0) is 17.8 Å². The van der Waals surface area contributed by atoms with Crippen LogP contribution in [-0.4, -0.2) is 47.7 Å². The standard InChI is InChI=1S/C19H28N2O3/c1-19(2,3)24-18(22)21-12-14-5-6-17(11-15(14)13-21)23-16-7-9-20(4)10-8-16/h5-6,11,16H,7-10,12-13H2,1-4H3. The first-order valence-corrected chi connectivity index (χ1v) is 8.75. The minimum Gasteiger partial charge on any atom is -0.490 e. The fraction of sp³-hybridized carbons (Fsp3) is 0.632. The van der Waals surface area contributed by atoms with Crippen LogP contribution in [0.4, 0.5) is 4.79 Å². The van der Waals surface area contributed by atoms with Crippen LogP contribution in [0.2, 0.25) is 0 Å². The van der Waals surface area contributed by atoms with E-state index in [1.54, 1.807) is 4.90 Å². The molecule has 0 saturated carbocycles. The van der Waals surface area contributed by atoms with Gasteiger partial charge in [-0.3, -0.25) is 4.90 Å². The highest BCUT2D eigenvalue weighted by Gasteiger charge is 2.28. The molecule has 1 saturated heterocycles. The van der Waals surface area contributed by atoms with E-state index in [4.69, 9.17) is 9.47 Å². The maximum Gasteiger partial charge on any atom is 0.410 e. The second-order valence-corrected chi connectivity index (χ2v) is 7.89. The third kappa shape index (κ3) is 4.20. The van der Waals surface area contributed by atoms with Gasteiger partial charge in [-0.1, -0.05) is 6.07 Å². The summed E-state index contributed by atoms with van der Waals surface area (Å²) in [6.45, 7) is 9.04. The Kier molecular flexibility index (Phi) is 4.72. The Bertz CT molecular complexity index is 601. The van der Waals surface area contributed by atoms with Crippen molar-refractivity contribution in [3.8, 4) is 5.75 Å². The molecular formula is C19H28N2O3. The number of hydrogen-bond donors (Lipinski definition) is 0. The Morgan fingerprint density at radius 3 is 2.46 bits per heavy atom. The molecule has 5 heteroatoms. The van der Waals surface area contributed by atoms with Crippen molar-refractivity contribution < 1.29 is 14.3 Å². The second-order valence-electron chi connectivity index (χ2n) is 7.89. The topological polar surface area (TPSA) is 42.0 Å². The van der Waals surface area contributed by atoms with Gasteiger partial charge in [0.05, 0.1) is 0 Å². The van der Waals surface area contributed by atoms with Crippen LogP contribution in [0, 0.1) is 0 Å². The zero-order valence-corrected chi connectivity index (χ0v) is 15.2. The lowest BCUT2D eigenvalue weighted by atomic mass is 10.1. The maximum atomic E-state index is 12.2. The molecule has 2 aliphatic rings. The first-order valence-electron chi connectivity index (χ1n) is 8.75. The second kappa shape index (κ2) is 6.63. The normalized spacial score (nSPS) is 19.2. The average Bonchev–Trinajstić information content (AvgIpc) is 2.91. The first kappa shape index (κ1) is 17.1.